The highest BCUT2D eigenvalue weighted by molar-refractivity contribution is 5.67. The second-order valence-corrected chi connectivity index (χ2v) is 5.76. The Hall–Kier alpha value is -2.89. The fourth-order valence-corrected chi connectivity index (χ4v) is 2.54. The van der Waals surface area contributed by atoms with Crippen LogP contribution in [0.1, 0.15) is 18.2 Å². The van der Waals surface area contributed by atoms with Crippen LogP contribution in [0.5, 0.6) is 0 Å². The van der Waals surface area contributed by atoms with Crippen LogP contribution in [0.15, 0.2) is 34.6 Å². The zero-order valence-corrected chi connectivity index (χ0v) is 13.9. The Bertz CT molecular complexity index is 966. The van der Waals surface area contributed by atoms with Crippen molar-refractivity contribution in [2.24, 2.45) is 0 Å². The van der Waals surface area contributed by atoms with E-state index in [0.717, 1.165) is 5.52 Å². The van der Waals surface area contributed by atoms with Gasteiger partial charge < -0.3 is 19.9 Å². The Labute approximate surface area is 146 Å². The average molecular weight is 362 g/mol. The summed E-state index contributed by atoms with van der Waals surface area (Å²) >= 11 is 0. The van der Waals surface area contributed by atoms with Crippen molar-refractivity contribution in [3.63, 3.8) is 0 Å². The molecule has 138 valence electrons. The number of aromatic nitrogens is 6. The van der Waals surface area contributed by atoms with Gasteiger partial charge in [0.25, 0.3) is 5.56 Å². The maximum absolute atomic E-state index is 11.6. The molecule has 0 radical (unpaired) electrons. The van der Waals surface area contributed by atoms with Crippen LogP contribution in [-0.2, 0) is 4.74 Å². The molecule has 0 unspecified atom stereocenters. The number of nitrogens with one attached hydrogen (secondary N) is 2. The van der Waals surface area contributed by atoms with Gasteiger partial charge in [0.1, 0.15) is 24.2 Å². The van der Waals surface area contributed by atoms with E-state index in [0.29, 0.717) is 11.2 Å². The number of aromatic amines is 2. The molecular formula is C15H18N6O5. The normalized spacial score (nSPS) is 22.2. The highest BCUT2D eigenvalue weighted by Crippen LogP contribution is 2.27. The lowest BCUT2D eigenvalue weighted by molar-refractivity contribution is -0.0459. The van der Waals surface area contributed by atoms with E-state index in [1.54, 1.807) is 19.4 Å². The van der Waals surface area contributed by atoms with E-state index in [9.17, 15) is 14.7 Å². The highest BCUT2D eigenvalue weighted by Gasteiger charge is 2.34. The summed E-state index contributed by atoms with van der Waals surface area (Å²) in [6.07, 6.45) is 4.18. The SMILES string of the molecule is Cc1cn([C@H]2C[C@H](O)[C@@H](CO)O2)c(=O)[nH]c1=O.c1ncc2[nH]cnc2n1. The Morgan fingerprint density at radius 1 is 1.38 bits per heavy atom. The quantitative estimate of drug-likeness (QED) is 0.444. The monoisotopic (exact) mass is 362 g/mol. The predicted octanol–water partition coefficient (Wildman–Crippen LogP) is -1.16. The summed E-state index contributed by atoms with van der Waals surface area (Å²) < 4.78 is 6.54. The summed E-state index contributed by atoms with van der Waals surface area (Å²) in [4.78, 5) is 39.4. The Morgan fingerprint density at radius 2 is 2.19 bits per heavy atom. The number of fused-ring (bicyclic) bond motifs is 1. The van der Waals surface area contributed by atoms with Gasteiger partial charge in [-0.15, -0.1) is 0 Å². The van der Waals surface area contributed by atoms with Crippen LogP contribution in [0.3, 0.4) is 0 Å². The molecule has 0 bridgehead atoms. The average Bonchev–Trinajstić information content (AvgIpc) is 3.24. The zero-order valence-electron chi connectivity index (χ0n) is 13.9. The smallest absolute Gasteiger partial charge is 0.330 e. The molecule has 0 amide bonds. The summed E-state index contributed by atoms with van der Waals surface area (Å²) in [7, 11) is 0. The second kappa shape index (κ2) is 7.56. The third kappa shape index (κ3) is 3.69. The summed E-state index contributed by atoms with van der Waals surface area (Å²) in [6.45, 7) is 1.26. The summed E-state index contributed by atoms with van der Waals surface area (Å²) in [5, 5.41) is 18.5. The molecule has 4 N–H and O–H groups in total. The number of H-pyrrole nitrogens is 2. The molecule has 3 aromatic rings. The van der Waals surface area contributed by atoms with Crippen LogP contribution in [-0.4, -0.2) is 58.5 Å². The molecule has 1 aliphatic heterocycles. The van der Waals surface area contributed by atoms with Crippen molar-refractivity contribution in [1.82, 2.24) is 29.5 Å². The van der Waals surface area contributed by atoms with Crippen LogP contribution >= 0.6 is 0 Å². The summed E-state index contributed by atoms with van der Waals surface area (Å²) in [6, 6.07) is 0. The van der Waals surface area contributed by atoms with Gasteiger partial charge in [-0.1, -0.05) is 0 Å². The minimum atomic E-state index is -0.816. The number of aliphatic hydroxyl groups excluding tert-OH is 2. The van der Waals surface area contributed by atoms with E-state index in [-0.39, 0.29) is 13.0 Å². The fourth-order valence-electron chi connectivity index (χ4n) is 2.54. The molecule has 1 fully saturated rings. The Balaban J connectivity index is 0.000000181. The number of hydrogen-bond acceptors (Lipinski definition) is 8. The van der Waals surface area contributed by atoms with E-state index < -0.39 is 29.7 Å². The molecule has 4 rings (SSSR count). The van der Waals surface area contributed by atoms with Crippen molar-refractivity contribution in [2.75, 3.05) is 6.61 Å². The van der Waals surface area contributed by atoms with Crippen molar-refractivity contribution in [3.8, 4) is 0 Å². The van der Waals surface area contributed by atoms with Gasteiger partial charge in [0.15, 0.2) is 5.65 Å². The first-order chi connectivity index (χ1) is 12.5. The van der Waals surface area contributed by atoms with Crippen molar-refractivity contribution >= 4 is 11.2 Å². The zero-order chi connectivity index (χ0) is 18.7. The fraction of sp³-hybridized carbons (Fsp3) is 0.400. The molecule has 0 spiro atoms. The van der Waals surface area contributed by atoms with Crippen LogP contribution in [0, 0.1) is 6.92 Å². The number of aryl methyl sites for hydroxylation is 1. The molecule has 0 saturated carbocycles. The van der Waals surface area contributed by atoms with Crippen LogP contribution in [0.4, 0.5) is 0 Å². The Kier molecular flexibility index (Phi) is 5.21. The first kappa shape index (κ1) is 17.9. The van der Waals surface area contributed by atoms with Crippen molar-refractivity contribution in [1.29, 1.82) is 0 Å². The lowest BCUT2D eigenvalue weighted by Gasteiger charge is -2.14. The van der Waals surface area contributed by atoms with Crippen LogP contribution in [0.25, 0.3) is 11.2 Å². The van der Waals surface area contributed by atoms with Crippen molar-refractivity contribution in [3.05, 3.63) is 51.4 Å². The summed E-state index contributed by atoms with van der Waals surface area (Å²) in [5.74, 6) is 0. The lowest BCUT2D eigenvalue weighted by atomic mass is 10.2. The minimum Gasteiger partial charge on any atom is -0.394 e. The van der Waals surface area contributed by atoms with Gasteiger partial charge in [-0.2, -0.15) is 0 Å². The minimum absolute atomic E-state index is 0.205. The van der Waals surface area contributed by atoms with E-state index in [2.05, 4.69) is 24.9 Å². The number of hydrogen-bond donors (Lipinski definition) is 4. The maximum atomic E-state index is 11.6. The molecular weight excluding hydrogens is 344 g/mol. The van der Waals surface area contributed by atoms with Crippen molar-refractivity contribution < 1.29 is 14.9 Å². The van der Waals surface area contributed by atoms with Crippen LogP contribution < -0.4 is 11.2 Å². The maximum Gasteiger partial charge on any atom is 0.330 e. The third-order valence-electron chi connectivity index (χ3n) is 3.94. The molecule has 3 atom stereocenters. The van der Waals surface area contributed by atoms with E-state index in [1.807, 2.05) is 0 Å². The van der Waals surface area contributed by atoms with Gasteiger partial charge in [-0.05, 0) is 6.92 Å². The highest BCUT2D eigenvalue weighted by atomic mass is 16.5. The van der Waals surface area contributed by atoms with Gasteiger partial charge in [0.05, 0.1) is 25.2 Å². The topological polar surface area (TPSA) is 159 Å². The van der Waals surface area contributed by atoms with Crippen LogP contribution in [0.2, 0.25) is 0 Å². The molecule has 1 aliphatic rings. The third-order valence-corrected chi connectivity index (χ3v) is 3.94. The molecule has 0 aliphatic carbocycles. The number of imidazole rings is 1. The standard InChI is InChI=1S/C10H14N2O5.C5H4N4/c1-5-3-12(10(16)11-9(5)15)8-2-6(14)7(4-13)17-8;1-4-5(8-2-6-1)9-3-7-4/h3,6-8,13-14H,2,4H2,1H3,(H,11,15,16);1-3H,(H,6,7,8,9)/t6-,7+,8+;/m0./s1. The molecule has 1 saturated heterocycles. The van der Waals surface area contributed by atoms with Gasteiger partial charge in [0.2, 0.25) is 0 Å². The van der Waals surface area contributed by atoms with Gasteiger partial charge in [-0.3, -0.25) is 14.3 Å². The first-order valence-corrected chi connectivity index (χ1v) is 7.85. The number of ether oxygens (including phenoxy) is 1. The molecule has 11 heteroatoms. The molecule has 4 heterocycles. The molecule has 0 aromatic carbocycles. The number of rotatable bonds is 2. The molecule has 3 aromatic heterocycles. The van der Waals surface area contributed by atoms with E-state index in [4.69, 9.17) is 9.84 Å². The number of nitrogens with zero attached hydrogens (tertiary/aromatic N) is 4. The summed E-state index contributed by atoms with van der Waals surface area (Å²) in [5.41, 5.74) is 0.942. The van der Waals surface area contributed by atoms with Gasteiger partial charge in [-0.25, -0.2) is 19.7 Å². The predicted molar refractivity (Wildman–Crippen MR) is 89.4 cm³/mol. The molecule has 11 nitrogen and oxygen atoms in total. The number of aliphatic hydroxyl groups is 2. The van der Waals surface area contributed by atoms with Crippen molar-refractivity contribution in [2.45, 2.75) is 31.8 Å². The van der Waals surface area contributed by atoms with Gasteiger partial charge in [0, 0.05) is 18.2 Å². The largest absolute Gasteiger partial charge is 0.394 e. The van der Waals surface area contributed by atoms with Gasteiger partial charge >= 0.3 is 5.69 Å². The second-order valence-electron chi connectivity index (χ2n) is 5.76. The van der Waals surface area contributed by atoms with E-state index in [1.165, 1.54) is 17.1 Å². The Morgan fingerprint density at radius 3 is 2.88 bits per heavy atom. The lowest BCUT2D eigenvalue weighted by Crippen LogP contribution is -2.33. The van der Waals surface area contributed by atoms with E-state index >= 15 is 0 Å². The molecule has 26 heavy (non-hydrogen) atoms. The first-order valence-electron chi connectivity index (χ1n) is 7.85.